The zero-order valence-corrected chi connectivity index (χ0v) is 13.8. The van der Waals surface area contributed by atoms with Gasteiger partial charge in [0.15, 0.2) is 0 Å². The summed E-state index contributed by atoms with van der Waals surface area (Å²) in [6.07, 6.45) is -7.90. The molecule has 0 bridgehead atoms. The quantitative estimate of drug-likeness (QED) is 0.778. The Labute approximate surface area is 147 Å². The molecule has 1 aliphatic rings. The van der Waals surface area contributed by atoms with E-state index >= 15 is 0 Å². The molecule has 0 spiro atoms. The summed E-state index contributed by atoms with van der Waals surface area (Å²) in [6, 6.07) is 0.529. The van der Waals surface area contributed by atoms with Gasteiger partial charge in [0, 0.05) is 31.7 Å². The van der Waals surface area contributed by atoms with Crippen LogP contribution >= 0.6 is 24.8 Å². The molecule has 24 heavy (non-hydrogen) atoms. The van der Waals surface area contributed by atoms with E-state index in [0.717, 1.165) is 6.07 Å². The Hall–Kier alpha value is -0.900. The number of rotatable bonds is 4. The minimum atomic E-state index is -4.97. The summed E-state index contributed by atoms with van der Waals surface area (Å²) in [5.41, 5.74) is -0.501. The van der Waals surface area contributed by atoms with Crippen LogP contribution in [-0.4, -0.2) is 43.9 Å². The highest BCUT2D eigenvalue weighted by Gasteiger charge is 2.35. The molecule has 1 atom stereocenters. The maximum atomic E-state index is 13.9. The van der Waals surface area contributed by atoms with Crippen LogP contribution in [0.5, 0.6) is 5.75 Å². The van der Waals surface area contributed by atoms with Crippen LogP contribution in [-0.2, 0) is 0 Å². The van der Waals surface area contributed by atoms with Gasteiger partial charge in [-0.2, -0.15) is 0 Å². The number of hydrogen-bond acceptors (Lipinski definition) is 3. The summed E-state index contributed by atoms with van der Waals surface area (Å²) in [4.78, 5) is 1.34. The zero-order valence-electron chi connectivity index (χ0n) is 12.2. The summed E-state index contributed by atoms with van der Waals surface area (Å²) in [6.45, 7) is 1.39. The van der Waals surface area contributed by atoms with E-state index in [4.69, 9.17) is 0 Å². The van der Waals surface area contributed by atoms with Crippen LogP contribution in [0.1, 0.15) is 11.6 Å². The second-order valence-electron chi connectivity index (χ2n) is 4.80. The summed E-state index contributed by atoms with van der Waals surface area (Å²) in [5, 5.41) is 2.96. The molecule has 11 heteroatoms. The van der Waals surface area contributed by atoms with Gasteiger partial charge in [-0.3, -0.25) is 4.90 Å². The molecule has 1 aromatic carbocycles. The van der Waals surface area contributed by atoms with Gasteiger partial charge in [-0.1, -0.05) is 0 Å². The van der Waals surface area contributed by atoms with Crippen molar-refractivity contribution in [3.8, 4) is 5.75 Å². The molecule has 0 unspecified atom stereocenters. The van der Waals surface area contributed by atoms with E-state index < -0.39 is 36.0 Å². The van der Waals surface area contributed by atoms with Crippen molar-refractivity contribution in [3.05, 3.63) is 29.6 Å². The molecular formula is C13H16Cl2F6N2O. The zero-order chi connectivity index (χ0) is 16.3. The average molecular weight is 401 g/mol. The van der Waals surface area contributed by atoms with E-state index in [1.54, 1.807) is 0 Å². The summed E-state index contributed by atoms with van der Waals surface area (Å²) in [7, 11) is 0. The third-order valence-corrected chi connectivity index (χ3v) is 3.30. The van der Waals surface area contributed by atoms with Gasteiger partial charge in [0.25, 0.3) is 6.43 Å². The Balaban J connectivity index is 0.00000264. The van der Waals surface area contributed by atoms with Gasteiger partial charge in [-0.05, 0) is 18.2 Å². The number of alkyl halides is 5. The highest BCUT2D eigenvalue weighted by Crippen LogP contribution is 2.33. The molecule has 1 saturated heterocycles. The number of hydrogen-bond donors (Lipinski definition) is 1. The van der Waals surface area contributed by atoms with Crippen LogP contribution in [0.25, 0.3) is 0 Å². The Morgan fingerprint density at radius 2 is 1.67 bits per heavy atom. The van der Waals surface area contributed by atoms with E-state index in [0.29, 0.717) is 25.2 Å². The minimum absolute atomic E-state index is 0. The van der Waals surface area contributed by atoms with E-state index in [1.165, 1.54) is 4.90 Å². The predicted octanol–water partition coefficient (Wildman–Crippen LogP) is 3.78. The highest BCUT2D eigenvalue weighted by atomic mass is 35.5. The van der Waals surface area contributed by atoms with Gasteiger partial charge in [-0.25, -0.2) is 13.2 Å². The summed E-state index contributed by atoms with van der Waals surface area (Å²) >= 11 is 0. The van der Waals surface area contributed by atoms with Crippen LogP contribution < -0.4 is 10.1 Å². The molecule has 1 fully saturated rings. The van der Waals surface area contributed by atoms with Gasteiger partial charge < -0.3 is 10.1 Å². The first kappa shape index (κ1) is 23.1. The number of nitrogens with zero attached hydrogens (tertiary/aromatic N) is 1. The number of halogens is 8. The molecule has 1 N–H and O–H groups in total. The van der Waals surface area contributed by atoms with Gasteiger partial charge in [0.2, 0.25) is 0 Å². The molecule has 3 nitrogen and oxygen atoms in total. The highest BCUT2D eigenvalue weighted by molar-refractivity contribution is 5.85. The lowest BCUT2D eigenvalue weighted by Crippen LogP contribution is -2.47. The molecular weight excluding hydrogens is 385 g/mol. The fourth-order valence-electron chi connectivity index (χ4n) is 2.40. The molecule has 1 heterocycles. The van der Waals surface area contributed by atoms with Crippen molar-refractivity contribution in [2.45, 2.75) is 18.8 Å². The lowest BCUT2D eigenvalue weighted by atomic mass is 10.0. The van der Waals surface area contributed by atoms with Gasteiger partial charge >= 0.3 is 6.36 Å². The van der Waals surface area contributed by atoms with Gasteiger partial charge in [0.05, 0.1) is 6.04 Å². The van der Waals surface area contributed by atoms with Crippen molar-refractivity contribution in [1.29, 1.82) is 0 Å². The number of piperazine rings is 1. The Morgan fingerprint density at radius 3 is 2.17 bits per heavy atom. The normalized spacial score (nSPS) is 17.0. The minimum Gasteiger partial charge on any atom is -0.406 e. The van der Waals surface area contributed by atoms with Crippen molar-refractivity contribution in [1.82, 2.24) is 10.2 Å². The second kappa shape index (κ2) is 9.55. The molecule has 0 aromatic heterocycles. The van der Waals surface area contributed by atoms with Crippen molar-refractivity contribution < 1.29 is 31.1 Å². The lowest BCUT2D eigenvalue weighted by molar-refractivity contribution is -0.274. The van der Waals surface area contributed by atoms with Crippen molar-refractivity contribution in [2.75, 3.05) is 26.2 Å². The first-order valence-corrected chi connectivity index (χ1v) is 6.56. The van der Waals surface area contributed by atoms with Crippen LogP contribution in [0.2, 0.25) is 0 Å². The Bertz CT molecular complexity index is 512. The van der Waals surface area contributed by atoms with E-state index in [2.05, 4.69) is 10.1 Å². The van der Waals surface area contributed by atoms with Gasteiger partial charge in [0.1, 0.15) is 11.6 Å². The van der Waals surface area contributed by atoms with Crippen LogP contribution in [0.4, 0.5) is 26.3 Å². The van der Waals surface area contributed by atoms with Crippen molar-refractivity contribution in [2.24, 2.45) is 0 Å². The maximum absolute atomic E-state index is 13.9. The third-order valence-electron chi connectivity index (χ3n) is 3.30. The summed E-state index contributed by atoms with van der Waals surface area (Å²) < 4.78 is 80.8. The van der Waals surface area contributed by atoms with E-state index in [9.17, 15) is 26.3 Å². The number of ether oxygens (including phenoxy) is 1. The second-order valence-corrected chi connectivity index (χ2v) is 4.80. The topological polar surface area (TPSA) is 24.5 Å². The fourth-order valence-corrected chi connectivity index (χ4v) is 2.40. The number of nitrogens with one attached hydrogen (secondary N) is 1. The molecule has 0 radical (unpaired) electrons. The van der Waals surface area contributed by atoms with Gasteiger partial charge in [-0.15, -0.1) is 38.0 Å². The van der Waals surface area contributed by atoms with Crippen LogP contribution in [0.15, 0.2) is 18.2 Å². The Kier molecular flexibility index (Phi) is 9.19. The standard InChI is InChI=1S/C13H14F6N2O.2ClH/c14-10-2-1-8(22-13(17,18)19)7-9(10)11(12(15)16)21-5-3-20-4-6-21;;/h1-2,7,11-12,20H,3-6H2;2*1H/t11-;;/m1../s1. The lowest BCUT2D eigenvalue weighted by Gasteiger charge is -2.34. The van der Waals surface area contributed by atoms with E-state index in [1.807, 2.05) is 0 Å². The molecule has 2 rings (SSSR count). The molecule has 1 aliphatic heterocycles. The molecule has 1 aromatic rings. The largest absolute Gasteiger partial charge is 0.573 e. The van der Waals surface area contributed by atoms with Crippen LogP contribution in [0.3, 0.4) is 0 Å². The molecule has 0 saturated carbocycles. The average Bonchev–Trinajstić information content (AvgIpc) is 2.42. The Morgan fingerprint density at radius 1 is 1.08 bits per heavy atom. The SMILES string of the molecule is Cl.Cl.Fc1ccc(OC(F)(F)F)cc1[C@H](C(F)F)N1CCNCC1. The van der Waals surface area contributed by atoms with Crippen LogP contribution in [0, 0.1) is 5.82 Å². The van der Waals surface area contributed by atoms with E-state index in [-0.39, 0.29) is 37.9 Å². The number of benzene rings is 1. The first-order valence-electron chi connectivity index (χ1n) is 6.56. The third kappa shape index (κ3) is 6.19. The predicted molar refractivity (Wildman–Crippen MR) is 80.8 cm³/mol. The van der Waals surface area contributed by atoms with Crippen molar-refractivity contribution in [3.63, 3.8) is 0 Å². The fraction of sp³-hybridized carbons (Fsp3) is 0.538. The maximum Gasteiger partial charge on any atom is 0.573 e. The molecule has 140 valence electrons. The molecule has 0 aliphatic carbocycles. The summed E-state index contributed by atoms with van der Waals surface area (Å²) in [5.74, 6) is -1.71. The smallest absolute Gasteiger partial charge is 0.406 e. The van der Waals surface area contributed by atoms with Crippen molar-refractivity contribution >= 4 is 24.8 Å². The first-order chi connectivity index (χ1) is 10.3. The monoisotopic (exact) mass is 400 g/mol. The molecule has 0 amide bonds.